The van der Waals surface area contributed by atoms with Gasteiger partial charge < -0.3 is 25.4 Å². The van der Waals surface area contributed by atoms with E-state index in [2.05, 4.69) is 60.9 Å². The molecule has 39 heavy (non-hydrogen) atoms. The highest BCUT2D eigenvalue weighted by molar-refractivity contribution is 6.00. The minimum atomic E-state index is -0.284. The molecule has 198 valence electrons. The smallest absolute Gasteiger partial charge is 0.323 e. The summed E-state index contributed by atoms with van der Waals surface area (Å²) in [6, 6.07) is 21.6. The maximum absolute atomic E-state index is 12.4. The molecule has 1 fully saturated rings. The van der Waals surface area contributed by atoms with Crippen LogP contribution in [0.2, 0.25) is 0 Å². The number of aromatic nitrogens is 4. The highest BCUT2D eigenvalue weighted by Gasteiger charge is 2.16. The van der Waals surface area contributed by atoms with Gasteiger partial charge in [0.1, 0.15) is 5.69 Å². The van der Waals surface area contributed by atoms with Gasteiger partial charge in [-0.3, -0.25) is 5.10 Å². The van der Waals surface area contributed by atoms with Crippen LogP contribution in [0.25, 0.3) is 33.8 Å². The molecule has 1 aliphatic rings. The number of H-pyrrole nitrogens is 2. The van der Waals surface area contributed by atoms with Gasteiger partial charge in [0.05, 0.1) is 16.7 Å². The van der Waals surface area contributed by atoms with Crippen LogP contribution in [0.15, 0.2) is 66.7 Å². The molecule has 1 saturated heterocycles. The average molecular weight is 521 g/mol. The Balaban J connectivity index is 1.13. The molecule has 9 nitrogen and oxygen atoms in total. The van der Waals surface area contributed by atoms with Crippen LogP contribution in [0.1, 0.15) is 11.1 Å². The summed E-state index contributed by atoms with van der Waals surface area (Å²) in [5, 5.41) is 13.4. The van der Waals surface area contributed by atoms with Crippen LogP contribution in [0.3, 0.4) is 0 Å². The summed E-state index contributed by atoms with van der Waals surface area (Å²) in [4.78, 5) is 25.4. The van der Waals surface area contributed by atoms with Gasteiger partial charge in [0, 0.05) is 48.8 Å². The van der Waals surface area contributed by atoms with Crippen molar-refractivity contribution in [2.45, 2.75) is 13.8 Å². The van der Waals surface area contributed by atoms with Gasteiger partial charge >= 0.3 is 6.03 Å². The molecule has 5 aromatic rings. The summed E-state index contributed by atoms with van der Waals surface area (Å²) in [7, 11) is 2.17. The number of imidazole rings is 1. The number of amides is 2. The predicted octanol–water partition coefficient (Wildman–Crippen LogP) is 5.63. The quantitative estimate of drug-likeness (QED) is 0.240. The van der Waals surface area contributed by atoms with Crippen molar-refractivity contribution in [2.24, 2.45) is 0 Å². The maximum atomic E-state index is 12.4. The number of carbonyl (C=O) groups is 1. The van der Waals surface area contributed by atoms with Crippen LogP contribution in [-0.2, 0) is 0 Å². The molecule has 6 rings (SSSR count). The van der Waals surface area contributed by atoms with E-state index in [-0.39, 0.29) is 6.03 Å². The van der Waals surface area contributed by atoms with E-state index in [9.17, 15) is 4.79 Å². The number of nitrogens with one attached hydrogen (secondary N) is 4. The van der Waals surface area contributed by atoms with Crippen molar-refractivity contribution >= 4 is 34.1 Å². The Hall–Kier alpha value is -4.63. The normalized spacial score (nSPS) is 14.1. The van der Waals surface area contributed by atoms with E-state index in [1.165, 1.54) is 11.3 Å². The van der Waals surface area contributed by atoms with Crippen LogP contribution in [-0.4, -0.2) is 64.3 Å². The number of likely N-dealkylation sites (N-methyl/N-ethyl adjacent to an activating group) is 1. The zero-order chi connectivity index (χ0) is 26.9. The van der Waals surface area contributed by atoms with Gasteiger partial charge in [-0.2, -0.15) is 5.10 Å². The van der Waals surface area contributed by atoms with Gasteiger partial charge in [0.2, 0.25) is 0 Å². The second-order valence-electron chi connectivity index (χ2n) is 10.2. The largest absolute Gasteiger partial charge is 0.369 e. The van der Waals surface area contributed by atoms with Crippen molar-refractivity contribution < 1.29 is 4.79 Å². The molecule has 0 bridgehead atoms. The molecule has 0 spiro atoms. The van der Waals surface area contributed by atoms with Crippen molar-refractivity contribution in [3.05, 3.63) is 77.9 Å². The Morgan fingerprint density at radius 3 is 2.36 bits per heavy atom. The van der Waals surface area contributed by atoms with Gasteiger partial charge in [-0.15, -0.1) is 0 Å². The zero-order valence-electron chi connectivity index (χ0n) is 22.4. The fraction of sp³-hybridized carbons (Fsp3) is 0.233. The van der Waals surface area contributed by atoms with Gasteiger partial charge in [-0.1, -0.05) is 18.2 Å². The van der Waals surface area contributed by atoms with E-state index in [0.717, 1.165) is 71.2 Å². The number of benzene rings is 3. The highest BCUT2D eigenvalue weighted by Crippen LogP contribution is 2.27. The number of fused-ring (bicyclic) bond motifs is 1. The fourth-order valence-electron chi connectivity index (χ4n) is 4.81. The Morgan fingerprint density at radius 2 is 1.59 bits per heavy atom. The fourth-order valence-corrected chi connectivity index (χ4v) is 4.81. The first kappa shape index (κ1) is 24.7. The van der Waals surface area contributed by atoms with Crippen molar-refractivity contribution in [1.29, 1.82) is 0 Å². The molecule has 0 unspecified atom stereocenters. The number of anilines is 3. The molecule has 3 aromatic carbocycles. The monoisotopic (exact) mass is 520 g/mol. The maximum Gasteiger partial charge on any atom is 0.323 e. The molecular formula is C30H32N8O. The molecule has 4 N–H and O–H groups in total. The van der Waals surface area contributed by atoms with Crippen molar-refractivity contribution in [1.82, 2.24) is 25.1 Å². The lowest BCUT2D eigenvalue weighted by Crippen LogP contribution is -2.44. The third-order valence-corrected chi connectivity index (χ3v) is 7.37. The number of nitrogens with zero attached hydrogens (tertiary/aromatic N) is 4. The number of hydrogen-bond acceptors (Lipinski definition) is 5. The second-order valence-corrected chi connectivity index (χ2v) is 10.2. The number of aromatic amines is 2. The van der Waals surface area contributed by atoms with Crippen LogP contribution in [0.4, 0.5) is 21.9 Å². The Morgan fingerprint density at radius 1 is 0.846 bits per heavy atom. The lowest BCUT2D eigenvalue weighted by Gasteiger charge is -2.34. The molecule has 0 radical (unpaired) electrons. The number of urea groups is 1. The topological polar surface area (TPSA) is 105 Å². The van der Waals surface area contributed by atoms with E-state index in [4.69, 9.17) is 4.98 Å². The molecule has 0 aliphatic carbocycles. The average Bonchev–Trinajstić information content (AvgIpc) is 3.59. The molecule has 3 heterocycles. The van der Waals surface area contributed by atoms with E-state index in [1.54, 1.807) is 0 Å². The lowest BCUT2D eigenvalue weighted by molar-refractivity contribution is 0.262. The first-order valence-corrected chi connectivity index (χ1v) is 13.2. The molecular weight excluding hydrogens is 488 g/mol. The predicted molar refractivity (Wildman–Crippen MR) is 157 cm³/mol. The number of aryl methyl sites for hydroxylation is 2. The van der Waals surface area contributed by atoms with Gasteiger partial charge in [-0.05, 0) is 80.6 Å². The van der Waals surface area contributed by atoms with Gasteiger partial charge in [0.15, 0.2) is 5.82 Å². The van der Waals surface area contributed by atoms with E-state index in [1.807, 2.05) is 62.4 Å². The van der Waals surface area contributed by atoms with Crippen LogP contribution >= 0.6 is 0 Å². The Labute approximate surface area is 227 Å². The summed E-state index contributed by atoms with van der Waals surface area (Å²) in [5.41, 5.74) is 9.48. The van der Waals surface area contributed by atoms with Gasteiger partial charge in [0.25, 0.3) is 0 Å². The first-order chi connectivity index (χ1) is 18.9. The summed E-state index contributed by atoms with van der Waals surface area (Å²) in [6.07, 6.45) is 0. The molecule has 2 aromatic heterocycles. The van der Waals surface area contributed by atoms with Gasteiger partial charge in [-0.25, -0.2) is 9.78 Å². The summed E-state index contributed by atoms with van der Waals surface area (Å²) >= 11 is 0. The number of piperazine rings is 1. The summed E-state index contributed by atoms with van der Waals surface area (Å²) < 4.78 is 0. The molecule has 0 saturated carbocycles. The standard InChI is InChI=1S/C30H32N8O/c1-19-4-7-23(16-20(19)2)32-30(39)31-22-8-5-21(6-9-22)26-18-28(36-35-26)29-33-25-11-10-24(17-27(25)34-29)38-14-12-37(3)13-15-38/h4-11,16-18H,12-15H2,1-3H3,(H,33,34)(H,35,36)(H2,31,32,39). The Bertz CT molecular complexity index is 1630. The van der Waals surface area contributed by atoms with Crippen LogP contribution in [0, 0.1) is 13.8 Å². The molecule has 1 aliphatic heterocycles. The minimum Gasteiger partial charge on any atom is -0.369 e. The van der Waals surface area contributed by atoms with Crippen LogP contribution in [0.5, 0.6) is 0 Å². The third-order valence-electron chi connectivity index (χ3n) is 7.37. The third kappa shape index (κ3) is 5.35. The van der Waals surface area contributed by atoms with Crippen molar-refractivity contribution in [3.63, 3.8) is 0 Å². The number of hydrogen-bond donors (Lipinski definition) is 4. The van der Waals surface area contributed by atoms with Crippen LogP contribution < -0.4 is 15.5 Å². The number of rotatable bonds is 5. The molecule has 0 atom stereocenters. The summed E-state index contributed by atoms with van der Waals surface area (Å²) in [5.74, 6) is 0.751. The van der Waals surface area contributed by atoms with Crippen molar-refractivity contribution in [3.8, 4) is 22.8 Å². The molecule has 9 heteroatoms. The van der Waals surface area contributed by atoms with E-state index >= 15 is 0 Å². The highest BCUT2D eigenvalue weighted by atomic mass is 16.2. The van der Waals surface area contributed by atoms with E-state index < -0.39 is 0 Å². The zero-order valence-corrected chi connectivity index (χ0v) is 22.4. The first-order valence-electron chi connectivity index (χ1n) is 13.2. The number of carbonyl (C=O) groups excluding carboxylic acids is 1. The SMILES string of the molecule is Cc1ccc(NC(=O)Nc2ccc(-c3cc(-c4nc5ccc(N6CCN(C)CC6)cc5[nH]4)[nH]n3)cc2)cc1C. The second kappa shape index (κ2) is 10.3. The van der Waals surface area contributed by atoms with Crippen molar-refractivity contribution in [2.75, 3.05) is 48.8 Å². The van der Waals surface area contributed by atoms with E-state index in [0.29, 0.717) is 5.69 Å². The Kier molecular flexibility index (Phi) is 6.50. The minimum absolute atomic E-state index is 0.284. The molecule has 2 amide bonds. The summed E-state index contributed by atoms with van der Waals surface area (Å²) in [6.45, 7) is 8.26. The lowest BCUT2D eigenvalue weighted by atomic mass is 10.1.